The average Bonchev–Trinajstić information content (AvgIpc) is 3.47. The van der Waals surface area contributed by atoms with Crippen LogP contribution in [0.25, 0.3) is 11.2 Å². The number of anilines is 1. The summed E-state index contributed by atoms with van der Waals surface area (Å²) in [5.41, 5.74) is 10.7. The van der Waals surface area contributed by atoms with Crippen molar-refractivity contribution >= 4 is 22.9 Å². The summed E-state index contributed by atoms with van der Waals surface area (Å²) in [7, 11) is 0. The first-order chi connectivity index (χ1) is 16.1. The standard InChI is InChI=1S/C23H32N8O2/c24-22-21-23(28-14-27-22)31(15-29-21)20-10-9-18(33-20)11-17(7-4-8-19(32)30-25)13-26-12-16-5-2-1-3-6-16/h1-3,5-6,14-15,17-18,20,26H,4,7-13,25H2,(H,30,32)(H2,24,27,28)/t17-,18-,20+/m0/s1. The van der Waals surface area contributed by atoms with Gasteiger partial charge in [0.25, 0.3) is 0 Å². The molecule has 1 fully saturated rings. The number of imidazole rings is 1. The lowest BCUT2D eigenvalue weighted by Gasteiger charge is -2.22. The van der Waals surface area contributed by atoms with E-state index in [-0.39, 0.29) is 18.2 Å². The van der Waals surface area contributed by atoms with Crippen molar-refractivity contribution in [2.45, 2.75) is 57.4 Å². The van der Waals surface area contributed by atoms with Crippen molar-refractivity contribution in [3.8, 4) is 0 Å². The third kappa shape index (κ3) is 6.04. The number of fused-ring (bicyclic) bond motifs is 1. The van der Waals surface area contributed by atoms with Crippen molar-refractivity contribution in [1.29, 1.82) is 0 Å². The molecule has 1 saturated heterocycles. The maximum absolute atomic E-state index is 11.5. The SMILES string of the molecule is NNC(=O)CCC[C@H](CNCc1ccccc1)C[C@@H]1CC[C@H](n2cnc3c(N)ncnc32)O1. The maximum Gasteiger partial charge on any atom is 0.233 e. The molecule has 2 aromatic heterocycles. The molecule has 3 heterocycles. The lowest BCUT2D eigenvalue weighted by atomic mass is 9.94. The number of hydrogen-bond acceptors (Lipinski definition) is 8. The smallest absolute Gasteiger partial charge is 0.233 e. The Kier molecular flexibility index (Phi) is 7.82. The molecule has 33 heavy (non-hydrogen) atoms. The van der Waals surface area contributed by atoms with Gasteiger partial charge in [0.05, 0.1) is 12.4 Å². The fraction of sp³-hybridized carbons (Fsp3) is 0.478. The van der Waals surface area contributed by atoms with Crippen LogP contribution in [0.5, 0.6) is 0 Å². The Balaban J connectivity index is 1.34. The van der Waals surface area contributed by atoms with Crippen LogP contribution in [0.2, 0.25) is 0 Å². The van der Waals surface area contributed by atoms with Crippen molar-refractivity contribution in [1.82, 2.24) is 30.3 Å². The Bertz CT molecular complexity index is 1040. The molecule has 10 heteroatoms. The summed E-state index contributed by atoms with van der Waals surface area (Å²) in [5, 5.41) is 3.57. The molecule has 10 nitrogen and oxygen atoms in total. The first-order valence-electron chi connectivity index (χ1n) is 11.5. The minimum atomic E-state index is -0.128. The van der Waals surface area contributed by atoms with Gasteiger partial charge in [-0.3, -0.25) is 14.8 Å². The van der Waals surface area contributed by atoms with Crippen LogP contribution in [-0.2, 0) is 16.1 Å². The largest absolute Gasteiger partial charge is 0.382 e. The molecule has 176 valence electrons. The summed E-state index contributed by atoms with van der Waals surface area (Å²) in [6, 6.07) is 10.3. The Labute approximate surface area is 193 Å². The second-order valence-corrected chi connectivity index (χ2v) is 8.55. The molecule has 1 amide bonds. The van der Waals surface area contributed by atoms with Gasteiger partial charge in [-0.05, 0) is 50.1 Å². The highest BCUT2D eigenvalue weighted by Gasteiger charge is 2.30. The molecule has 1 aromatic carbocycles. The van der Waals surface area contributed by atoms with E-state index in [1.54, 1.807) is 6.33 Å². The number of nitrogens with two attached hydrogens (primary N) is 2. The number of carbonyl (C=O) groups excluding carboxylic acids is 1. The molecular weight excluding hydrogens is 420 g/mol. The number of ether oxygens (including phenoxy) is 1. The van der Waals surface area contributed by atoms with E-state index >= 15 is 0 Å². The molecule has 6 N–H and O–H groups in total. The van der Waals surface area contributed by atoms with Crippen LogP contribution in [-0.4, -0.2) is 38.1 Å². The van der Waals surface area contributed by atoms with Crippen LogP contribution >= 0.6 is 0 Å². The van der Waals surface area contributed by atoms with Crippen LogP contribution < -0.4 is 22.3 Å². The van der Waals surface area contributed by atoms with Crippen LogP contribution in [0.15, 0.2) is 43.0 Å². The van der Waals surface area contributed by atoms with Gasteiger partial charge in [-0.1, -0.05) is 30.3 Å². The minimum absolute atomic E-state index is 0.116. The number of nitrogens with one attached hydrogen (secondary N) is 2. The van der Waals surface area contributed by atoms with Crippen LogP contribution in [0.3, 0.4) is 0 Å². The van der Waals surface area contributed by atoms with E-state index in [0.717, 1.165) is 45.2 Å². The molecule has 0 saturated carbocycles. The van der Waals surface area contributed by atoms with Crippen molar-refractivity contribution in [2.75, 3.05) is 12.3 Å². The summed E-state index contributed by atoms with van der Waals surface area (Å²) in [6.07, 6.45) is 8.13. The van der Waals surface area contributed by atoms with E-state index in [1.807, 2.05) is 22.8 Å². The van der Waals surface area contributed by atoms with E-state index in [4.69, 9.17) is 16.3 Å². The predicted molar refractivity (Wildman–Crippen MR) is 125 cm³/mol. The number of aromatic nitrogens is 4. The molecule has 0 bridgehead atoms. The highest BCUT2D eigenvalue weighted by Crippen LogP contribution is 2.34. The van der Waals surface area contributed by atoms with Gasteiger partial charge in [-0.25, -0.2) is 20.8 Å². The molecular formula is C23H32N8O2. The van der Waals surface area contributed by atoms with Gasteiger partial charge >= 0.3 is 0 Å². The number of nitrogen functional groups attached to an aromatic ring is 1. The highest BCUT2D eigenvalue weighted by molar-refractivity contribution is 5.81. The van der Waals surface area contributed by atoms with Gasteiger partial charge in [0.15, 0.2) is 11.5 Å². The Morgan fingerprint density at radius 3 is 2.88 bits per heavy atom. The molecule has 3 atom stereocenters. The second-order valence-electron chi connectivity index (χ2n) is 8.55. The zero-order valence-electron chi connectivity index (χ0n) is 18.7. The topological polar surface area (TPSA) is 146 Å². The van der Waals surface area contributed by atoms with Gasteiger partial charge in [-0.15, -0.1) is 0 Å². The number of carbonyl (C=O) groups is 1. The number of benzene rings is 1. The molecule has 0 radical (unpaired) electrons. The van der Waals surface area contributed by atoms with Crippen molar-refractivity contribution < 1.29 is 9.53 Å². The van der Waals surface area contributed by atoms with Gasteiger partial charge in [0.2, 0.25) is 5.91 Å². The first-order valence-corrected chi connectivity index (χ1v) is 11.5. The number of hydrazine groups is 1. The molecule has 3 aromatic rings. The van der Waals surface area contributed by atoms with E-state index in [0.29, 0.717) is 29.3 Å². The van der Waals surface area contributed by atoms with E-state index in [9.17, 15) is 4.79 Å². The molecule has 4 rings (SSSR count). The summed E-state index contributed by atoms with van der Waals surface area (Å²) in [4.78, 5) is 24.2. The molecule has 0 unspecified atom stereocenters. The third-order valence-electron chi connectivity index (χ3n) is 6.16. The van der Waals surface area contributed by atoms with E-state index < -0.39 is 0 Å². The van der Waals surface area contributed by atoms with Crippen LogP contribution in [0.4, 0.5) is 5.82 Å². The Morgan fingerprint density at radius 1 is 1.21 bits per heavy atom. The van der Waals surface area contributed by atoms with Gasteiger partial charge in [0, 0.05) is 13.0 Å². The fourth-order valence-corrected chi connectivity index (χ4v) is 4.46. The summed E-state index contributed by atoms with van der Waals surface area (Å²) >= 11 is 0. The fourth-order valence-electron chi connectivity index (χ4n) is 4.46. The molecule has 1 aliphatic heterocycles. The summed E-state index contributed by atoms with van der Waals surface area (Å²) < 4.78 is 8.34. The number of rotatable bonds is 11. The maximum atomic E-state index is 11.5. The molecule has 0 spiro atoms. The monoisotopic (exact) mass is 452 g/mol. The van der Waals surface area contributed by atoms with Crippen molar-refractivity contribution in [2.24, 2.45) is 11.8 Å². The lowest BCUT2D eigenvalue weighted by molar-refractivity contribution is -0.121. The second kappa shape index (κ2) is 11.2. The summed E-state index contributed by atoms with van der Waals surface area (Å²) in [5.74, 6) is 5.86. The minimum Gasteiger partial charge on any atom is -0.382 e. The predicted octanol–water partition coefficient (Wildman–Crippen LogP) is 2.04. The quantitative estimate of drug-likeness (QED) is 0.196. The zero-order chi connectivity index (χ0) is 23.0. The number of hydrogen-bond donors (Lipinski definition) is 4. The van der Waals surface area contributed by atoms with Crippen molar-refractivity contribution in [3.63, 3.8) is 0 Å². The molecule has 1 aliphatic rings. The highest BCUT2D eigenvalue weighted by atomic mass is 16.5. The van der Waals surface area contributed by atoms with Gasteiger partial charge < -0.3 is 15.8 Å². The lowest BCUT2D eigenvalue weighted by Crippen LogP contribution is -2.30. The average molecular weight is 453 g/mol. The summed E-state index contributed by atoms with van der Waals surface area (Å²) in [6.45, 7) is 1.68. The Morgan fingerprint density at radius 2 is 2.06 bits per heavy atom. The van der Waals surface area contributed by atoms with Crippen molar-refractivity contribution in [3.05, 3.63) is 48.5 Å². The Hall–Kier alpha value is -3.08. The number of nitrogens with zero attached hydrogens (tertiary/aromatic N) is 4. The van der Waals surface area contributed by atoms with E-state index in [1.165, 1.54) is 11.9 Å². The van der Waals surface area contributed by atoms with Crippen LogP contribution in [0.1, 0.15) is 50.3 Å². The van der Waals surface area contributed by atoms with Gasteiger partial charge in [0.1, 0.15) is 18.1 Å². The van der Waals surface area contributed by atoms with Gasteiger partial charge in [-0.2, -0.15) is 0 Å². The third-order valence-corrected chi connectivity index (χ3v) is 6.16. The zero-order valence-corrected chi connectivity index (χ0v) is 18.7. The van der Waals surface area contributed by atoms with Crippen LogP contribution in [0, 0.1) is 5.92 Å². The first kappa shape index (κ1) is 23.1. The normalized spacial score (nSPS) is 19.1. The van der Waals surface area contributed by atoms with E-state index in [2.05, 4.69) is 37.8 Å². The number of amides is 1. The molecule has 0 aliphatic carbocycles.